The number of carbonyl (C=O) groups is 2. The molecule has 10 heterocycles. The van der Waals surface area contributed by atoms with Crippen LogP contribution in [0.25, 0.3) is 43.9 Å². The number of pyridine rings is 4. The van der Waals surface area contributed by atoms with Crippen LogP contribution >= 0.6 is 15.9 Å². The topological polar surface area (TPSA) is 211 Å². The second-order valence-electron chi connectivity index (χ2n) is 22.9. The molecule has 2 amide bonds. The number of carbonyl (C=O) groups excluding carboxylic acids is 2. The first-order valence-corrected chi connectivity index (χ1v) is 28.5. The number of amides is 2. The molecule has 8 aromatic heterocycles. The van der Waals surface area contributed by atoms with Crippen molar-refractivity contribution in [3.63, 3.8) is 0 Å². The molecule has 0 aromatic carbocycles. The number of rotatable bonds is 7. The minimum Gasteiger partial charge on any atom is -0.444 e. The highest BCUT2D eigenvalue weighted by Crippen LogP contribution is 2.39. The van der Waals surface area contributed by atoms with Crippen molar-refractivity contribution >= 4 is 101 Å². The molecule has 2 saturated heterocycles. The second-order valence-corrected chi connectivity index (χ2v) is 23.8. The van der Waals surface area contributed by atoms with Gasteiger partial charge in [0.05, 0.1) is 35.3 Å². The Morgan fingerprint density at radius 3 is 1.49 bits per heavy atom. The smallest absolute Gasteiger partial charge is 0.410 e. The van der Waals surface area contributed by atoms with Crippen LogP contribution in [-0.4, -0.2) is 135 Å². The van der Waals surface area contributed by atoms with Gasteiger partial charge in [-0.1, -0.05) is 25.7 Å². The lowest BCUT2D eigenvalue weighted by Crippen LogP contribution is -2.50. The Bertz CT molecular complexity index is 3450. The first-order valence-electron chi connectivity index (χ1n) is 27.7. The van der Waals surface area contributed by atoms with E-state index in [2.05, 4.69) is 89.0 Å². The maximum absolute atomic E-state index is 12.4. The average Bonchev–Trinajstić information content (AvgIpc) is 4.39. The number of piperazine rings is 2. The van der Waals surface area contributed by atoms with Crippen molar-refractivity contribution in [1.29, 1.82) is 0 Å². The van der Waals surface area contributed by atoms with Gasteiger partial charge in [-0.15, -0.1) is 0 Å². The van der Waals surface area contributed by atoms with Crippen molar-refractivity contribution in [1.82, 2.24) is 64.1 Å². The molecular formula is C58H73BrN16O4. The van der Waals surface area contributed by atoms with Crippen LogP contribution in [-0.2, 0) is 9.47 Å². The Hall–Kier alpha value is -7.26. The fourth-order valence-electron chi connectivity index (χ4n) is 10.9. The molecule has 416 valence electrons. The van der Waals surface area contributed by atoms with Crippen molar-refractivity contribution in [2.45, 2.75) is 130 Å². The van der Waals surface area contributed by atoms with Gasteiger partial charge in [-0.25, -0.2) is 29.5 Å². The number of halogens is 1. The molecule has 8 aromatic rings. The third-order valence-electron chi connectivity index (χ3n) is 14.7. The number of aryl methyl sites for hydroxylation is 2. The van der Waals surface area contributed by atoms with Gasteiger partial charge in [-0.05, 0) is 132 Å². The molecular weight excluding hydrogens is 1060 g/mol. The van der Waals surface area contributed by atoms with E-state index >= 15 is 0 Å². The first-order chi connectivity index (χ1) is 38.0. The molecule has 21 heteroatoms. The lowest BCUT2D eigenvalue weighted by atomic mass is 10.2. The molecule has 79 heavy (non-hydrogen) atoms. The van der Waals surface area contributed by atoms with E-state index in [0.29, 0.717) is 37.1 Å². The van der Waals surface area contributed by atoms with E-state index in [9.17, 15) is 9.59 Å². The molecule has 0 bridgehead atoms. The zero-order valence-electron chi connectivity index (χ0n) is 46.7. The molecule has 2 saturated carbocycles. The molecule has 20 nitrogen and oxygen atoms in total. The predicted molar refractivity (Wildman–Crippen MR) is 314 cm³/mol. The molecule has 4 aliphatic rings. The van der Waals surface area contributed by atoms with Crippen LogP contribution in [0.3, 0.4) is 0 Å². The number of hydrogen-bond acceptors (Lipinski definition) is 16. The van der Waals surface area contributed by atoms with Crippen LogP contribution in [0.4, 0.5) is 38.8 Å². The maximum atomic E-state index is 12.4. The van der Waals surface area contributed by atoms with Crippen molar-refractivity contribution in [2.24, 2.45) is 0 Å². The zero-order valence-corrected chi connectivity index (χ0v) is 48.3. The lowest BCUT2D eigenvalue weighted by Gasteiger charge is -2.36. The molecule has 0 unspecified atom stereocenters. The highest BCUT2D eigenvalue weighted by molar-refractivity contribution is 9.10. The highest BCUT2D eigenvalue weighted by Gasteiger charge is 2.29. The normalized spacial score (nSPS) is 16.5. The third-order valence-corrected chi connectivity index (χ3v) is 15.1. The summed E-state index contributed by atoms with van der Waals surface area (Å²) in [6.45, 7) is 21.3. The summed E-state index contributed by atoms with van der Waals surface area (Å²) in [5.74, 6) is 2.60. The minimum atomic E-state index is -0.489. The molecule has 0 radical (unpaired) electrons. The number of nitrogens with zero attached hydrogens (tertiary/aromatic N) is 13. The number of aromatic nitrogens is 10. The van der Waals surface area contributed by atoms with Crippen LogP contribution in [0.2, 0.25) is 0 Å². The third kappa shape index (κ3) is 12.9. The summed E-state index contributed by atoms with van der Waals surface area (Å²) in [5, 5.41) is 14.2. The number of ether oxygens (including phenoxy) is 2. The van der Waals surface area contributed by atoms with Crippen LogP contribution in [0, 0.1) is 13.8 Å². The van der Waals surface area contributed by atoms with Gasteiger partial charge in [0.25, 0.3) is 0 Å². The van der Waals surface area contributed by atoms with E-state index in [1.54, 1.807) is 16.0 Å². The summed E-state index contributed by atoms with van der Waals surface area (Å²) in [4.78, 5) is 66.6. The Labute approximate surface area is 469 Å². The summed E-state index contributed by atoms with van der Waals surface area (Å²) in [7, 11) is 0. The Morgan fingerprint density at radius 2 is 1.04 bits per heavy atom. The second kappa shape index (κ2) is 23.6. The summed E-state index contributed by atoms with van der Waals surface area (Å²) >= 11 is 3.45. The first kappa shape index (κ1) is 55.1. The number of nitrogens with one attached hydrogen (secondary N) is 3. The van der Waals surface area contributed by atoms with Gasteiger partial charge >= 0.3 is 12.2 Å². The molecule has 3 N–H and O–H groups in total. The zero-order chi connectivity index (χ0) is 55.4. The number of hydrogen-bond donors (Lipinski definition) is 3. The Morgan fingerprint density at radius 1 is 0.582 bits per heavy atom. The summed E-state index contributed by atoms with van der Waals surface area (Å²) < 4.78 is 16.4. The number of anilines is 5. The van der Waals surface area contributed by atoms with Crippen LogP contribution in [0.5, 0.6) is 0 Å². The van der Waals surface area contributed by atoms with E-state index < -0.39 is 5.60 Å². The van der Waals surface area contributed by atoms with Gasteiger partial charge < -0.3 is 49.3 Å². The molecule has 12 rings (SSSR count). The van der Waals surface area contributed by atoms with Gasteiger partial charge in [-0.3, -0.25) is 9.97 Å². The largest absolute Gasteiger partial charge is 0.444 e. The molecule has 4 fully saturated rings. The van der Waals surface area contributed by atoms with Gasteiger partial charge in [0.2, 0.25) is 11.9 Å². The maximum Gasteiger partial charge on any atom is 0.410 e. The van der Waals surface area contributed by atoms with E-state index in [1.165, 1.54) is 38.5 Å². The average molecular weight is 1140 g/mol. The van der Waals surface area contributed by atoms with E-state index in [4.69, 9.17) is 24.4 Å². The molecule has 0 spiro atoms. The van der Waals surface area contributed by atoms with E-state index in [1.807, 2.05) is 105 Å². The summed E-state index contributed by atoms with van der Waals surface area (Å²) in [6.07, 6.45) is 24.3. The van der Waals surface area contributed by atoms with E-state index in [0.717, 1.165) is 129 Å². The predicted octanol–water partition coefficient (Wildman–Crippen LogP) is 11.7. The fourth-order valence-corrected chi connectivity index (χ4v) is 11.4. The fraction of sp³-hybridized carbons (Fsp3) is 0.483. The van der Waals surface area contributed by atoms with Crippen molar-refractivity contribution in [3.05, 3.63) is 89.4 Å². The monoisotopic (exact) mass is 1140 g/mol. The SMILES string of the molecule is CC(C)(C)OC(=O)N1CCNCC1.Cc1cc(Br)cnc1Nc1ncc2c3ccncc3n(C3CCCC3)c2n1.Cc1cc(N2CCN(C(=O)OC(C)(C)C)CC2)cnc1Nc1ncc2c3ccncc3n(C3CCCC3)c2n1. The summed E-state index contributed by atoms with van der Waals surface area (Å²) in [5.41, 5.74) is 6.38. The van der Waals surface area contributed by atoms with Crippen LogP contribution in [0.1, 0.15) is 116 Å². The van der Waals surface area contributed by atoms with Gasteiger partial charge in [0.15, 0.2) is 0 Å². The highest BCUT2D eigenvalue weighted by atomic mass is 79.9. The van der Waals surface area contributed by atoms with E-state index in [-0.39, 0.29) is 17.8 Å². The standard InChI is InChI=1S/C29H36N8O2.C20H19BrN6.C9H18N2O2/c1-19-15-21(35-11-13-36(14-12-35)28(38)39-29(2,3)4)16-31-25(19)33-27-32-17-23-22-9-10-30-18-24(22)37(26(23)34-27)20-7-5-6-8-20;1-12-8-13(21)9-23-18(12)25-20-24-10-16-15-6-7-22-11-17(15)27(19(16)26-20)14-4-2-3-5-14;1-9(2,3)13-8(12)11-6-4-10-5-7-11/h9-10,15-18,20H,5-8,11-14H2,1-4H3,(H,31,32,33,34);6-11,14H,2-5H2,1H3,(H,23,24,25,26);10H,4-7H2,1-3H3. The Kier molecular flexibility index (Phi) is 16.5. The molecule has 2 aliphatic heterocycles. The van der Waals surface area contributed by atoms with Gasteiger partial charge in [0.1, 0.15) is 34.1 Å². The van der Waals surface area contributed by atoms with Gasteiger partial charge in [0, 0.05) is 121 Å². The Balaban J connectivity index is 0.000000151. The van der Waals surface area contributed by atoms with Crippen molar-refractivity contribution < 1.29 is 19.1 Å². The number of fused-ring (bicyclic) bond motifs is 6. The van der Waals surface area contributed by atoms with Crippen LogP contribution in [0.15, 0.2) is 78.3 Å². The summed E-state index contributed by atoms with van der Waals surface area (Å²) in [6, 6.07) is 9.17. The lowest BCUT2D eigenvalue weighted by molar-refractivity contribution is 0.0223. The minimum absolute atomic E-state index is 0.200. The quantitative estimate of drug-likeness (QED) is 0.135. The molecule has 0 atom stereocenters. The van der Waals surface area contributed by atoms with Crippen LogP contribution < -0.4 is 20.9 Å². The van der Waals surface area contributed by atoms with Gasteiger partial charge in [-0.2, -0.15) is 9.97 Å². The molecule has 2 aliphatic carbocycles. The van der Waals surface area contributed by atoms with Crippen molar-refractivity contribution in [3.8, 4) is 0 Å². The van der Waals surface area contributed by atoms with Crippen molar-refractivity contribution in [2.75, 3.05) is 67.9 Å².